The van der Waals surface area contributed by atoms with Gasteiger partial charge in [0.05, 0.1) is 12.7 Å². The maximum absolute atomic E-state index is 9.32. The smallest absolute Gasteiger partial charge is 0.231 e. The van der Waals surface area contributed by atoms with Crippen molar-refractivity contribution < 1.29 is 9.47 Å². The number of rotatable bonds is 10. The van der Waals surface area contributed by atoms with E-state index < -0.39 is 0 Å². The number of aromatic nitrogens is 1. The topological polar surface area (TPSA) is 79.5 Å². The van der Waals surface area contributed by atoms with Gasteiger partial charge in [0.2, 0.25) is 5.88 Å². The Morgan fingerprint density at radius 2 is 2.15 bits per heavy atom. The number of pyridine rings is 1. The van der Waals surface area contributed by atoms with Gasteiger partial charge in [0.25, 0.3) is 0 Å². The van der Waals surface area contributed by atoms with Gasteiger partial charge < -0.3 is 14.8 Å². The van der Waals surface area contributed by atoms with Crippen LogP contribution in [0.2, 0.25) is 0 Å². The highest BCUT2D eigenvalue weighted by molar-refractivity contribution is 5.79. The van der Waals surface area contributed by atoms with Crippen LogP contribution in [0.5, 0.6) is 5.88 Å². The van der Waals surface area contributed by atoms with Gasteiger partial charge in [0.15, 0.2) is 0 Å². The molecule has 2 heterocycles. The van der Waals surface area contributed by atoms with Crippen LogP contribution in [0.3, 0.4) is 0 Å². The average Bonchev–Trinajstić information content (AvgIpc) is 3.27. The second-order valence-electron chi connectivity index (χ2n) is 10.5. The van der Waals surface area contributed by atoms with Crippen molar-refractivity contribution in [2.75, 3.05) is 26.8 Å². The summed E-state index contributed by atoms with van der Waals surface area (Å²) >= 11 is 0. The van der Waals surface area contributed by atoms with Gasteiger partial charge >= 0.3 is 0 Å². The van der Waals surface area contributed by atoms with E-state index in [4.69, 9.17) is 14.5 Å². The molecule has 0 amide bonds. The number of allylic oxidation sites excluding steroid dienone is 2. The molecule has 6 nitrogen and oxygen atoms in total. The second kappa shape index (κ2) is 11.5. The normalized spacial score (nSPS) is 24.9. The number of aliphatic imine (C=N–C) groups is 1. The molecular formula is C28H40N4O2. The Balaban J connectivity index is 1.38. The summed E-state index contributed by atoms with van der Waals surface area (Å²) in [6.45, 7) is 5.48. The number of methoxy groups -OCH3 is 1. The largest absolute Gasteiger partial charge is 0.480 e. The number of nitriles is 1. The third kappa shape index (κ3) is 5.87. The number of hydrogen-bond acceptors (Lipinski definition) is 6. The first-order valence-electron chi connectivity index (χ1n) is 13.0. The molecule has 2 saturated carbocycles. The van der Waals surface area contributed by atoms with E-state index in [-0.39, 0.29) is 11.0 Å². The minimum absolute atomic E-state index is 0.0762. The number of ether oxygens (including phenoxy) is 2. The van der Waals surface area contributed by atoms with Gasteiger partial charge in [-0.25, -0.2) is 4.98 Å². The van der Waals surface area contributed by atoms with E-state index >= 15 is 0 Å². The molecule has 0 bridgehead atoms. The fourth-order valence-corrected chi connectivity index (χ4v) is 6.00. The van der Waals surface area contributed by atoms with Crippen LogP contribution >= 0.6 is 0 Å². The molecule has 6 heteroatoms. The van der Waals surface area contributed by atoms with E-state index in [9.17, 15) is 5.26 Å². The van der Waals surface area contributed by atoms with Crippen molar-refractivity contribution in [3.8, 4) is 11.9 Å². The van der Waals surface area contributed by atoms with Crippen molar-refractivity contribution in [1.29, 1.82) is 5.26 Å². The van der Waals surface area contributed by atoms with Gasteiger partial charge in [-0.2, -0.15) is 5.26 Å². The SMILES string of the molecule is C/C=C(\C=N/C[C@]1(CCNCc2cnc(OC)c(C#N)c2)CCOC2(CCCC2)C1)C1CCC1. The Morgan fingerprint density at radius 1 is 1.32 bits per heavy atom. The predicted octanol–water partition coefficient (Wildman–Crippen LogP) is 5.37. The lowest BCUT2D eigenvalue weighted by molar-refractivity contribution is -0.122. The fraction of sp³-hybridized carbons (Fsp3) is 0.679. The summed E-state index contributed by atoms with van der Waals surface area (Å²) < 4.78 is 11.5. The quantitative estimate of drug-likeness (QED) is 0.372. The van der Waals surface area contributed by atoms with E-state index in [1.807, 2.05) is 6.07 Å². The van der Waals surface area contributed by atoms with Crippen LogP contribution in [0.1, 0.15) is 82.3 Å². The molecule has 1 N–H and O–H groups in total. The van der Waals surface area contributed by atoms with Gasteiger partial charge in [0, 0.05) is 32.1 Å². The predicted molar refractivity (Wildman–Crippen MR) is 135 cm³/mol. The zero-order valence-corrected chi connectivity index (χ0v) is 20.9. The van der Waals surface area contributed by atoms with Gasteiger partial charge in [-0.05, 0) is 87.0 Å². The molecule has 1 atom stereocenters. The van der Waals surface area contributed by atoms with E-state index in [1.165, 1.54) is 50.5 Å². The third-order valence-electron chi connectivity index (χ3n) is 8.21. The summed E-state index contributed by atoms with van der Waals surface area (Å²) in [6.07, 6.45) is 18.4. The summed E-state index contributed by atoms with van der Waals surface area (Å²) in [4.78, 5) is 9.30. The molecular weight excluding hydrogens is 424 g/mol. The van der Waals surface area contributed by atoms with Crippen molar-refractivity contribution in [2.24, 2.45) is 16.3 Å². The zero-order valence-electron chi connectivity index (χ0n) is 20.9. The molecule has 0 radical (unpaired) electrons. The number of hydrogen-bond donors (Lipinski definition) is 1. The monoisotopic (exact) mass is 464 g/mol. The van der Waals surface area contributed by atoms with Crippen molar-refractivity contribution in [2.45, 2.75) is 83.3 Å². The summed E-state index contributed by atoms with van der Waals surface area (Å²) in [5, 5.41) is 12.9. The summed E-state index contributed by atoms with van der Waals surface area (Å²) in [6, 6.07) is 4.03. The highest BCUT2D eigenvalue weighted by Gasteiger charge is 2.46. The molecule has 3 fully saturated rings. The van der Waals surface area contributed by atoms with Crippen LogP contribution < -0.4 is 10.1 Å². The lowest BCUT2D eigenvalue weighted by atomic mass is 9.70. The van der Waals surface area contributed by atoms with Crippen LogP contribution in [0, 0.1) is 22.7 Å². The highest BCUT2D eigenvalue weighted by Crippen LogP contribution is 2.49. The molecule has 3 aliphatic rings. The molecule has 1 spiro atoms. The highest BCUT2D eigenvalue weighted by atomic mass is 16.5. The lowest BCUT2D eigenvalue weighted by Gasteiger charge is -2.46. The minimum Gasteiger partial charge on any atom is -0.480 e. The lowest BCUT2D eigenvalue weighted by Crippen LogP contribution is -2.46. The van der Waals surface area contributed by atoms with E-state index in [2.05, 4.69) is 35.6 Å². The van der Waals surface area contributed by atoms with Crippen molar-refractivity contribution in [3.63, 3.8) is 0 Å². The first-order chi connectivity index (χ1) is 16.6. The minimum atomic E-state index is 0.0762. The third-order valence-corrected chi connectivity index (χ3v) is 8.21. The Hall–Kier alpha value is -2.23. The molecule has 1 aliphatic heterocycles. The van der Waals surface area contributed by atoms with E-state index in [0.29, 0.717) is 18.0 Å². The van der Waals surface area contributed by atoms with Gasteiger partial charge in [0.1, 0.15) is 11.6 Å². The molecule has 0 aromatic carbocycles. The maximum Gasteiger partial charge on any atom is 0.231 e. The molecule has 4 rings (SSSR count). The summed E-state index contributed by atoms with van der Waals surface area (Å²) in [7, 11) is 1.54. The Morgan fingerprint density at radius 3 is 2.82 bits per heavy atom. The van der Waals surface area contributed by atoms with Crippen LogP contribution in [0.4, 0.5) is 0 Å². The Kier molecular flexibility index (Phi) is 8.39. The first kappa shape index (κ1) is 24.9. The molecule has 1 aromatic rings. The maximum atomic E-state index is 9.32. The van der Waals surface area contributed by atoms with E-state index in [0.717, 1.165) is 50.4 Å². The Bertz CT molecular complexity index is 925. The summed E-state index contributed by atoms with van der Waals surface area (Å²) in [5.74, 6) is 1.10. The molecule has 184 valence electrons. The molecule has 34 heavy (non-hydrogen) atoms. The van der Waals surface area contributed by atoms with Crippen LogP contribution in [0.15, 0.2) is 28.9 Å². The second-order valence-corrected chi connectivity index (χ2v) is 10.5. The first-order valence-corrected chi connectivity index (χ1v) is 13.0. The molecule has 1 aromatic heterocycles. The molecule has 2 aliphatic carbocycles. The zero-order chi connectivity index (χ0) is 23.9. The molecule has 0 unspecified atom stereocenters. The van der Waals surface area contributed by atoms with Crippen LogP contribution in [0.25, 0.3) is 0 Å². The van der Waals surface area contributed by atoms with Gasteiger partial charge in [-0.15, -0.1) is 0 Å². The van der Waals surface area contributed by atoms with Crippen molar-refractivity contribution in [3.05, 3.63) is 35.0 Å². The van der Waals surface area contributed by atoms with Crippen LogP contribution in [-0.4, -0.2) is 43.6 Å². The fourth-order valence-electron chi connectivity index (χ4n) is 6.00. The van der Waals surface area contributed by atoms with Gasteiger partial charge in [-0.3, -0.25) is 4.99 Å². The summed E-state index contributed by atoms with van der Waals surface area (Å²) in [5.41, 5.74) is 3.16. The van der Waals surface area contributed by atoms with Gasteiger partial charge in [-0.1, -0.05) is 25.3 Å². The number of nitrogens with one attached hydrogen (secondary N) is 1. The molecule has 1 saturated heterocycles. The number of nitrogens with zero attached hydrogens (tertiary/aromatic N) is 3. The van der Waals surface area contributed by atoms with Crippen molar-refractivity contribution >= 4 is 6.21 Å². The standard InChI is InChI=1S/C28H40N4O2/c1-3-23(24-7-6-8-24)19-31-21-27(12-14-34-28(20-27)9-4-5-10-28)11-13-30-17-22-15-25(16-29)26(33-2)32-18-22/h3,15,18-19,24,30H,4-14,17,20-21H2,1-2H3/b23-3+,31-19-/t27-/m1/s1. The van der Waals surface area contributed by atoms with E-state index in [1.54, 1.807) is 13.3 Å². The van der Waals surface area contributed by atoms with Crippen molar-refractivity contribution in [1.82, 2.24) is 10.3 Å². The Labute approximate surface area is 204 Å². The average molecular weight is 465 g/mol. The van der Waals surface area contributed by atoms with Crippen LogP contribution in [-0.2, 0) is 11.3 Å².